The third-order valence-corrected chi connectivity index (χ3v) is 4.97. The van der Waals surface area contributed by atoms with Gasteiger partial charge in [-0.2, -0.15) is 0 Å². The number of nitrogens with zero attached hydrogens (tertiary/aromatic N) is 2. The molecule has 2 aliphatic heterocycles. The average molecular weight is 343 g/mol. The molecular formula is C20H29N3O2. The van der Waals surface area contributed by atoms with Gasteiger partial charge in [0.05, 0.1) is 12.5 Å². The highest BCUT2D eigenvalue weighted by Gasteiger charge is 2.35. The summed E-state index contributed by atoms with van der Waals surface area (Å²) in [7, 11) is 0. The molecule has 1 aromatic carbocycles. The minimum absolute atomic E-state index is 0.0127. The number of fused-ring (bicyclic) bond motifs is 1. The summed E-state index contributed by atoms with van der Waals surface area (Å²) in [5, 5.41) is 2.92. The lowest BCUT2D eigenvalue weighted by atomic mass is 9.93. The summed E-state index contributed by atoms with van der Waals surface area (Å²) in [6.07, 6.45) is 1.16. The molecule has 1 fully saturated rings. The first-order chi connectivity index (χ1) is 11.8. The first kappa shape index (κ1) is 17.9. The monoisotopic (exact) mass is 343 g/mol. The van der Waals surface area contributed by atoms with E-state index in [4.69, 9.17) is 0 Å². The summed E-state index contributed by atoms with van der Waals surface area (Å²) < 4.78 is 0. The first-order valence-electron chi connectivity index (χ1n) is 9.20. The lowest BCUT2D eigenvalue weighted by Gasteiger charge is -2.39. The van der Waals surface area contributed by atoms with Crippen LogP contribution in [0.3, 0.4) is 0 Å². The zero-order chi connectivity index (χ0) is 18.0. The smallest absolute Gasteiger partial charge is 0.237 e. The van der Waals surface area contributed by atoms with Crippen molar-refractivity contribution in [2.45, 2.75) is 46.2 Å². The van der Waals surface area contributed by atoms with Gasteiger partial charge >= 0.3 is 0 Å². The third kappa shape index (κ3) is 4.40. The molecule has 1 atom stereocenters. The molecule has 25 heavy (non-hydrogen) atoms. The van der Waals surface area contributed by atoms with Gasteiger partial charge in [0.15, 0.2) is 0 Å². The Morgan fingerprint density at radius 1 is 1.20 bits per heavy atom. The molecule has 1 unspecified atom stereocenters. The van der Waals surface area contributed by atoms with Crippen LogP contribution in [0.2, 0.25) is 0 Å². The van der Waals surface area contributed by atoms with Crippen LogP contribution in [-0.4, -0.2) is 53.8 Å². The van der Waals surface area contributed by atoms with Crippen LogP contribution in [0, 0.1) is 5.41 Å². The Labute approximate surface area is 150 Å². The van der Waals surface area contributed by atoms with Gasteiger partial charge in [0.1, 0.15) is 0 Å². The van der Waals surface area contributed by atoms with Crippen molar-refractivity contribution in [1.29, 1.82) is 0 Å². The fraction of sp³-hybridized carbons (Fsp3) is 0.600. The Kier molecular flexibility index (Phi) is 5.13. The number of benzene rings is 1. The molecule has 136 valence electrons. The van der Waals surface area contributed by atoms with E-state index >= 15 is 0 Å². The lowest BCUT2D eigenvalue weighted by molar-refractivity contribution is -0.140. The Bertz CT molecular complexity index is 651. The Balaban J connectivity index is 1.67. The van der Waals surface area contributed by atoms with E-state index in [2.05, 4.69) is 43.1 Å². The second-order valence-electron chi connectivity index (χ2n) is 8.38. The van der Waals surface area contributed by atoms with Gasteiger partial charge in [-0.1, -0.05) is 45.0 Å². The predicted octanol–water partition coefficient (Wildman–Crippen LogP) is 1.81. The van der Waals surface area contributed by atoms with Gasteiger partial charge in [0, 0.05) is 32.7 Å². The molecule has 0 aromatic heterocycles. The van der Waals surface area contributed by atoms with Gasteiger partial charge in [-0.3, -0.25) is 14.5 Å². The Hall–Kier alpha value is -1.88. The quantitative estimate of drug-likeness (QED) is 0.911. The highest BCUT2D eigenvalue weighted by atomic mass is 16.2. The molecule has 1 saturated heterocycles. The molecule has 0 saturated carbocycles. The maximum atomic E-state index is 12.9. The number of carbonyl (C=O) groups is 2. The van der Waals surface area contributed by atoms with Gasteiger partial charge in [-0.15, -0.1) is 0 Å². The number of rotatable bonds is 3. The summed E-state index contributed by atoms with van der Waals surface area (Å²) in [6.45, 7) is 10.2. The number of hydrogen-bond acceptors (Lipinski definition) is 3. The molecule has 0 aliphatic carbocycles. The molecular weight excluding hydrogens is 314 g/mol. The van der Waals surface area contributed by atoms with E-state index in [9.17, 15) is 9.59 Å². The maximum Gasteiger partial charge on any atom is 0.237 e. The van der Waals surface area contributed by atoms with E-state index in [1.165, 1.54) is 11.1 Å². The van der Waals surface area contributed by atoms with Crippen molar-refractivity contribution in [3.05, 3.63) is 35.4 Å². The van der Waals surface area contributed by atoms with Gasteiger partial charge < -0.3 is 10.2 Å². The van der Waals surface area contributed by atoms with Crippen LogP contribution in [0.4, 0.5) is 0 Å². The molecule has 0 radical (unpaired) electrons. The fourth-order valence-corrected chi connectivity index (χ4v) is 3.79. The summed E-state index contributed by atoms with van der Waals surface area (Å²) >= 11 is 0. The number of carbonyl (C=O) groups excluding carboxylic acids is 2. The molecule has 5 nitrogen and oxygen atoms in total. The molecule has 3 rings (SSSR count). The SMILES string of the molecule is CC(C)(C)CN1CCNC(=O)C1CC(=O)N1CCc2ccccc2C1. The van der Waals surface area contributed by atoms with Crippen LogP contribution in [0.1, 0.15) is 38.3 Å². The summed E-state index contributed by atoms with van der Waals surface area (Å²) in [6, 6.07) is 7.95. The minimum Gasteiger partial charge on any atom is -0.353 e. The van der Waals surface area contributed by atoms with Crippen LogP contribution in [-0.2, 0) is 22.6 Å². The summed E-state index contributed by atoms with van der Waals surface area (Å²) in [5.74, 6) is 0.0664. The zero-order valence-electron chi connectivity index (χ0n) is 15.5. The number of hydrogen-bond donors (Lipinski definition) is 1. The highest BCUT2D eigenvalue weighted by molar-refractivity contribution is 5.89. The van der Waals surface area contributed by atoms with Crippen molar-refractivity contribution >= 4 is 11.8 Å². The molecule has 0 bridgehead atoms. The van der Waals surface area contributed by atoms with Crippen LogP contribution in [0.25, 0.3) is 0 Å². The van der Waals surface area contributed by atoms with Crippen molar-refractivity contribution in [3.8, 4) is 0 Å². The number of nitrogens with one attached hydrogen (secondary N) is 1. The lowest BCUT2D eigenvalue weighted by Crippen LogP contribution is -2.58. The molecule has 2 heterocycles. The van der Waals surface area contributed by atoms with E-state index < -0.39 is 0 Å². The van der Waals surface area contributed by atoms with Gasteiger partial charge in [-0.25, -0.2) is 0 Å². The van der Waals surface area contributed by atoms with E-state index in [0.717, 1.165) is 26.1 Å². The Morgan fingerprint density at radius 3 is 2.64 bits per heavy atom. The van der Waals surface area contributed by atoms with Crippen molar-refractivity contribution in [3.63, 3.8) is 0 Å². The summed E-state index contributed by atoms with van der Waals surface area (Å²) in [4.78, 5) is 29.3. The maximum absolute atomic E-state index is 12.9. The standard InChI is InChI=1S/C20H29N3O2/c1-20(2,3)14-23-11-9-21-19(25)17(23)12-18(24)22-10-8-15-6-4-5-7-16(15)13-22/h4-7,17H,8-14H2,1-3H3,(H,21,25). The van der Waals surface area contributed by atoms with Crippen LogP contribution >= 0.6 is 0 Å². The topological polar surface area (TPSA) is 52.7 Å². The highest BCUT2D eigenvalue weighted by Crippen LogP contribution is 2.22. The summed E-state index contributed by atoms with van der Waals surface area (Å²) in [5.41, 5.74) is 2.65. The van der Waals surface area contributed by atoms with Crippen molar-refractivity contribution in [2.75, 3.05) is 26.2 Å². The average Bonchev–Trinajstić information content (AvgIpc) is 2.56. The normalized spacial score (nSPS) is 21.6. The van der Waals surface area contributed by atoms with E-state index in [1.807, 2.05) is 17.0 Å². The Morgan fingerprint density at radius 2 is 1.92 bits per heavy atom. The van der Waals surface area contributed by atoms with Crippen LogP contribution < -0.4 is 5.32 Å². The second-order valence-corrected chi connectivity index (χ2v) is 8.38. The molecule has 1 N–H and O–H groups in total. The van der Waals surface area contributed by atoms with Crippen molar-refractivity contribution in [1.82, 2.24) is 15.1 Å². The van der Waals surface area contributed by atoms with Crippen LogP contribution in [0.5, 0.6) is 0 Å². The van der Waals surface area contributed by atoms with E-state index in [0.29, 0.717) is 13.1 Å². The molecule has 2 amide bonds. The van der Waals surface area contributed by atoms with Gasteiger partial charge in [-0.05, 0) is 23.0 Å². The van der Waals surface area contributed by atoms with E-state index in [-0.39, 0.29) is 29.7 Å². The van der Waals surface area contributed by atoms with E-state index in [1.54, 1.807) is 0 Å². The fourth-order valence-electron chi connectivity index (χ4n) is 3.79. The minimum atomic E-state index is -0.349. The molecule has 5 heteroatoms. The largest absolute Gasteiger partial charge is 0.353 e. The van der Waals surface area contributed by atoms with Gasteiger partial charge in [0.2, 0.25) is 11.8 Å². The molecule has 0 spiro atoms. The first-order valence-corrected chi connectivity index (χ1v) is 9.20. The van der Waals surface area contributed by atoms with Crippen molar-refractivity contribution < 1.29 is 9.59 Å². The number of amides is 2. The predicted molar refractivity (Wildman–Crippen MR) is 98.0 cm³/mol. The second kappa shape index (κ2) is 7.16. The third-order valence-electron chi connectivity index (χ3n) is 4.97. The van der Waals surface area contributed by atoms with Gasteiger partial charge in [0.25, 0.3) is 0 Å². The molecule has 2 aliphatic rings. The number of piperazine rings is 1. The zero-order valence-corrected chi connectivity index (χ0v) is 15.5. The molecule has 1 aromatic rings. The van der Waals surface area contributed by atoms with Crippen LogP contribution in [0.15, 0.2) is 24.3 Å². The van der Waals surface area contributed by atoms with Crippen molar-refractivity contribution in [2.24, 2.45) is 5.41 Å².